The summed E-state index contributed by atoms with van der Waals surface area (Å²) in [4.78, 5) is 2.48. The summed E-state index contributed by atoms with van der Waals surface area (Å²) in [5.74, 6) is 0. The van der Waals surface area contributed by atoms with E-state index in [9.17, 15) is 0 Å². The molecule has 1 N–H and O–H groups in total. The predicted octanol–water partition coefficient (Wildman–Crippen LogP) is 2.40. The molecule has 1 aliphatic heterocycles. The van der Waals surface area contributed by atoms with Gasteiger partial charge in [-0.05, 0) is 23.6 Å². The van der Waals surface area contributed by atoms with Crippen LogP contribution in [0.25, 0.3) is 0 Å². The first-order chi connectivity index (χ1) is 9.49. The lowest BCUT2D eigenvalue weighted by Gasteiger charge is -2.33. The Morgan fingerprint density at radius 1 is 1.25 bits per heavy atom. The van der Waals surface area contributed by atoms with Crippen LogP contribution in [-0.4, -0.2) is 44.3 Å². The fourth-order valence-electron chi connectivity index (χ4n) is 2.64. The van der Waals surface area contributed by atoms with Crippen LogP contribution in [0.2, 0.25) is 0 Å². The molecule has 0 saturated carbocycles. The predicted molar refractivity (Wildman–Crippen MR) is 84.1 cm³/mol. The van der Waals surface area contributed by atoms with Gasteiger partial charge >= 0.3 is 0 Å². The van der Waals surface area contributed by atoms with Crippen LogP contribution in [0.5, 0.6) is 0 Å². The fourth-order valence-corrected chi connectivity index (χ4v) is 2.64. The van der Waals surface area contributed by atoms with E-state index in [1.54, 1.807) is 0 Å². The summed E-state index contributed by atoms with van der Waals surface area (Å²) >= 11 is 0. The van der Waals surface area contributed by atoms with Crippen LogP contribution >= 0.6 is 0 Å². The molecule has 0 spiro atoms. The molecule has 1 aromatic rings. The largest absolute Gasteiger partial charge is 0.374 e. The Morgan fingerprint density at radius 3 is 2.55 bits per heavy atom. The summed E-state index contributed by atoms with van der Waals surface area (Å²) in [6, 6.07) is 9.06. The molecular weight excluding hydrogens is 248 g/mol. The highest BCUT2D eigenvalue weighted by Gasteiger charge is 2.20. The van der Waals surface area contributed by atoms with Crippen molar-refractivity contribution >= 4 is 0 Å². The highest BCUT2D eigenvalue weighted by atomic mass is 16.5. The molecule has 1 heterocycles. The van der Waals surface area contributed by atoms with Gasteiger partial charge in [-0.3, -0.25) is 4.90 Å². The molecule has 2 rings (SSSR count). The van der Waals surface area contributed by atoms with Crippen molar-refractivity contribution in [2.24, 2.45) is 0 Å². The summed E-state index contributed by atoms with van der Waals surface area (Å²) in [6.45, 7) is 11.6. The topological polar surface area (TPSA) is 24.5 Å². The van der Waals surface area contributed by atoms with Crippen LogP contribution in [0.4, 0.5) is 0 Å². The lowest BCUT2D eigenvalue weighted by Crippen LogP contribution is -2.45. The van der Waals surface area contributed by atoms with Crippen molar-refractivity contribution in [1.82, 2.24) is 10.2 Å². The molecule has 0 bridgehead atoms. The number of morpholine rings is 1. The third kappa shape index (κ3) is 4.30. The summed E-state index contributed by atoms with van der Waals surface area (Å²) in [6.07, 6.45) is 0.322. The Kier molecular flexibility index (Phi) is 5.19. The van der Waals surface area contributed by atoms with Gasteiger partial charge < -0.3 is 10.1 Å². The second-order valence-corrected chi connectivity index (χ2v) is 6.73. The molecule has 1 unspecified atom stereocenters. The van der Waals surface area contributed by atoms with E-state index in [1.807, 2.05) is 7.05 Å². The van der Waals surface area contributed by atoms with Gasteiger partial charge in [-0.15, -0.1) is 0 Å². The highest BCUT2D eigenvalue weighted by molar-refractivity contribution is 5.27. The van der Waals surface area contributed by atoms with Crippen LogP contribution in [0.3, 0.4) is 0 Å². The maximum Gasteiger partial charge on any atom is 0.0826 e. The molecule has 0 radical (unpaired) electrons. The second kappa shape index (κ2) is 6.70. The minimum atomic E-state index is 0.232. The number of nitrogens with zero attached hydrogens (tertiary/aromatic N) is 1. The van der Waals surface area contributed by atoms with Crippen molar-refractivity contribution in [1.29, 1.82) is 0 Å². The van der Waals surface area contributed by atoms with E-state index in [4.69, 9.17) is 4.74 Å². The zero-order chi connectivity index (χ0) is 14.6. The fraction of sp³-hybridized carbons (Fsp3) is 0.647. The van der Waals surface area contributed by atoms with Crippen molar-refractivity contribution in [3.8, 4) is 0 Å². The Bertz CT molecular complexity index is 406. The molecule has 1 saturated heterocycles. The smallest absolute Gasteiger partial charge is 0.0826 e. The lowest BCUT2D eigenvalue weighted by molar-refractivity contribution is -0.0291. The summed E-state index contributed by atoms with van der Waals surface area (Å²) < 4.78 is 5.75. The van der Waals surface area contributed by atoms with Crippen molar-refractivity contribution in [2.75, 3.05) is 33.3 Å². The quantitative estimate of drug-likeness (QED) is 0.914. The third-order valence-electron chi connectivity index (χ3n) is 3.88. The molecular formula is C17H28N2O. The first-order valence-corrected chi connectivity index (χ1v) is 7.57. The van der Waals surface area contributed by atoms with Gasteiger partial charge in [0, 0.05) is 26.2 Å². The zero-order valence-corrected chi connectivity index (χ0v) is 13.3. The van der Waals surface area contributed by atoms with E-state index in [0.717, 1.165) is 32.8 Å². The molecule has 0 aliphatic carbocycles. The Hall–Kier alpha value is -0.900. The van der Waals surface area contributed by atoms with Crippen molar-refractivity contribution in [3.05, 3.63) is 35.4 Å². The maximum atomic E-state index is 5.75. The van der Waals surface area contributed by atoms with E-state index in [1.165, 1.54) is 11.1 Å². The van der Waals surface area contributed by atoms with E-state index in [2.05, 4.69) is 55.3 Å². The molecule has 3 heteroatoms. The van der Waals surface area contributed by atoms with Gasteiger partial charge in [0.15, 0.2) is 0 Å². The van der Waals surface area contributed by atoms with Gasteiger partial charge in [0.2, 0.25) is 0 Å². The maximum absolute atomic E-state index is 5.75. The number of hydrogen-bond acceptors (Lipinski definition) is 3. The molecule has 112 valence electrons. The van der Waals surface area contributed by atoms with Gasteiger partial charge in [0.1, 0.15) is 0 Å². The summed E-state index contributed by atoms with van der Waals surface area (Å²) in [5, 5.41) is 3.19. The minimum absolute atomic E-state index is 0.232. The average Bonchev–Trinajstić information content (AvgIpc) is 2.39. The monoisotopic (exact) mass is 276 g/mol. The van der Waals surface area contributed by atoms with Gasteiger partial charge in [-0.1, -0.05) is 45.0 Å². The normalized spacial score (nSPS) is 21.1. The molecule has 1 atom stereocenters. The number of nitrogens with one attached hydrogen (secondary N) is 1. The van der Waals surface area contributed by atoms with E-state index < -0.39 is 0 Å². The highest BCUT2D eigenvalue weighted by Crippen LogP contribution is 2.22. The van der Waals surface area contributed by atoms with Crippen LogP contribution in [0.15, 0.2) is 24.3 Å². The SMILES string of the molecule is CNCC1CN(Cc2ccc(C(C)(C)C)cc2)CCO1. The molecule has 1 aliphatic rings. The van der Waals surface area contributed by atoms with Gasteiger partial charge in [0.05, 0.1) is 12.7 Å². The standard InChI is InChI=1S/C17H28N2O/c1-17(2,3)15-7-5-14(6-8-15)12-19-9-10-20-16(13-19)11-18-4/h5-8,16,18H,9-13H2,1-4H3. The number of likely N-dealkylation sites (N-methyl/N-ethyl adjacent to an activating group) is 1. The van der Waals surface area contributed by atoms with Crippen LogP contribution in [-0.2, 0) is 16.7 Å². The van der Waals surface area contributed by atoms with Gasteiger partial charge in [-0.25, -0.2) is 0 Å². The summed E-state index contributed by atoms with van der Waals surface area (Å²) in [7, 11) is 1.98. The van der Waals surface area contributed by atoms with E-state index >= 15 is 0 Å². The third-order valence-corrected chi connectivity index (χ3v) is 3.88. The Labute approximate surface area is 123 Å². The Morgan fingerprint density at radius 2 is 1.95 bits per heavy atom. The van der Waals surface area contributed by atoms with E-state index in [-0.39, 0.29) is 5.41 Å². The molecule has 1 aromatic carbocycles. The number of rotatable bonds is 4. The number of ether oxygens (including phenoxy) is 1. The van der Waals surface area contributed by atoms with E-state index in [0.29, 0.717) is 6.10 Å². The van der Waals surface area contributed by atoms with Crippen molar-refractivity contribution in [3.63, 3.8) is 0 Å². The molecule has 0 amide bonds. The van der Waals surface area contributed by atoms with Gasteiger partial charge in [0.25, 0.3) is 0 Å². The minimum Gasteiger partial charge on any atom is -0.374 e. The van der Waals surface area contributed by atoms with Gasteiger partial charge in [-0.2, -0.15) is 0 Å². The molecule has 1 fully saturated rings. The van der Waals surface area contributed by atoms with Crippen molar-refractivity contribution in [2.45, 2.75) is 38.8 Å². The van der Waals surface area contributed by atoms with Crippen LogP contribution in [0.1, 0.15) is 31.9 Å². The zero-order valence-electron chi connectivity index (χ0n) is 13.3. The first-order valence-electron chi connectivity index (χ1n) is 7.57. The molecule has 3 nitrogen and oxygen atoms in total. The lowest BCUT2D eigenvalue weighted by atomic mass is 9.87. The molecule has 0 aromatic heterocycles. The summed E-state index contributed by atoms with van der Waals surface area (Å²) in [5.41, 5.74) is 3.02. The van der Waals surface area contributed by atoms with Crippen LogP contribution < -0.4 is 5.32 Å². The Balaban J connectivity index is 1.93. The van der Waals surface area contributed by atoms with Crippen molar-refractivity contribution < 1.29 is 4.74 Å². The second-order valence-electron chi connectivity index (χ2n) is 6.73. The van der Waals surface area contributed by atoms with Crippen LogP contribution in [0, 0.1) is 0 Å². The number of hydrogen-bond donors (Lipinski definition) is 1. The molecule has 20 heavy (non-hydrogen) atoms. The average molecular weight is 276 g/mol. The first kappa shape index (κ1) is 15.5. The number of benzene rings is 1.